The Morgan fingerprint density at radius 1 is 1.18 bits per heavy atom. The quantitative estimate of drug-likeness (QED) is 0.461. The van der Waals surface area contributed by atoms with Crippen molar-refractivity contribution in [2.75, 3.05) is 18.8 Å². The minimum Gasteiger partial charge on any atom is -0.383 e. The molecule has 3 aromatic heterocycles. The monoisotopic (exact) mass is 463 g/mol. The van der Waals surface area contributed by atoms with Gasteiger partial charge in [0.2, 0.25) is 0 Å². The van der Waals surface area contributed by atoms with Crippen LogP contribution in [0.4, 0.5) is 10.2 Å². The third kappa shape index (κ3) is 3.91. The largest absolute Gasteiger partial charge is 0.383 e. The molecule has 0 amide bonds. The Morgan fingerprint density at radius 2 is 2.03 bits per heavy atom. The normalized spacial score (nSPS) is 16.3. The second-order valence-corrected chi connectivity index (χ2v) is 9.70. The predicted molar refractivity (Wildman–Crippen MR) is 129 cm³/mol. The van der Waals surface area contributed by atoms with E-state index in [0.29, 0.717) is 28.7 Å². The van der Waals surface area contributed by atoms with E-state index >= 15 is 4.39 Å². The molecule has 1 aliphatic rings. The van der Waals surface area contributed by atoms with E-state index < -0.39 is 0 Å². The molecule has 33 heavy (non-hydrogen) atoms. The molecule has 1 aliphatic heterocycles. The lowest BCUT2D eigenvalue weighted by Gasteiger charge is -2.22. The SMILES string of the molecule is Cc1cc(-c2cnc(N)c(-c3nnnn3-c3ccc(C)c(C)c3F)c2)sc1C1CCCNC1. The van der Waals surface area contributed by atoms with Crippen LogP contribution in [0, 0.1) is 26.6 Å². The van der Waals surface area contributed by atoms with Gasteiger partial charge in [0.1, 0.15) is 11.5 Å². The molecule has 1 atom stereocenters. The summed E-state index contributed by atoms with van der Waals surface area (Å²) in [5, 5.41) is 15.5. The fraction of sp³-hybridized carbons (Fsp3) is 0.333. The number of pyridine rings is 1. The molecule has 1 aromatic carbocycles. The lowest BCUT2D eigenvalue weighted by Crippen LogP contribution is -2.28. The average molecular weight is 464 g/mol. The number of rotatable bonds is 4. The van der Waals surface area contributed by atoms with Crippen molar-refractivity contribution in [1.82, 2.24) is 30.5 Å². The molecule has 170 valence electrons. The molecule has 4 heterocycles. The van der Waals surface area contributed by atoms with Crippen molar-refractivity contribution in [3.63, 3.8) is 0 Å². The molecule has 1 unspecified atom stereocenters. The Labute approximate surface area is 195 Å². The minimum absolute atomic E-state index is 0.280. The van der Waals surface area contributed by atoms with Gasteiger partial charge in [-0.15, -0.1) is 16.4 Å². The van der Waals surface area contributed by atoms with E-state index in [9.17, 15) is 0 Å². The van der Waals surface area contributed by atoms with Crippen LogP contribution in [0.15, 0.2) is 30.5 Å². The van der Waals surface area contributed by atoms with E-state index in [-0.39, 0.29) is 11.5 Å². The Kier molecular flexibility index (Phi) is 5.67. The van der Waals surface area contributed by atoms with E-state index in [1.165, 1.54) is 28.0 Å². The molecule has 0 saturated carbocycles. The highest BCUT2D eigenvalue weighted by atomic mass is 32.1. The van der Waals surface area contributed by atoms with Gasteiger partial charge in [0.25, 0.3) is 0 Å². The summed E-state index contributed by atoms with van der Waals surface area (Å²) >= 11 is 1.80. The standard InChI is InChI=1S/C24H26FN7S/c1-13-6-7-19(21(25)15(13)3)32-24(29-30-31-32)18-10-17(12-28-23(18)26)20-9-14(2)22(33-20)16-5-4-8-27-11-16/h6-7,9-10,12,16,27H,4-5,8,11H2,1-3H3,(H2,26,28). The minimum atomic E-state index is -0.356. The first kappa shape index (κ1) is 21.7. The third-order valence-electron chi connectivity index (χ3n) is 6.40. The van der Waals surface area contributed by atoms with Crippen LogP contribution in [0.5, 0.6) is 0 Å². The van der Waals surface area contributed by atoms with Crippen molar-refractivity contribution in [3.05, 3.63) is 57.8 Å². The highest BCUT2D eigenvalue weighted by Crippen LogP contribution is 2.39. The molecular formula is C24H26FN7S. The summed E-state index contributed by atoms with van der Waals surface area (Å²) in [6.45, 7) is 7.89. The van der Waals surface area contributed by atoms with Gasteiger partial charge in [-0.3, -0.25) is 0 Å². The lowest BCUT2D eigenvalue weighted by molar-refractivity contribution is 0.465. The smallest absolute Gasteiger partial charge is 0.190 e. The first-order valence-electron chi connectivity index (χ1n) is 11.1. The molecule has 9 heteroatoms. The van der Waals surface area contributed by atoms with Crippen molar-refractivity contribution in [2.45, 2.75) is 39.5 Å². The zero-order valence-electron chi connectivity index (χ0n) is 18.9. The number of hydrogen-bond acceptors (Lipinski definition) is 7. The van der Waals surface area contributed by atoms with Crippen LogP contribution < -0.4 is 11.1 Å². The molecule has 3 N–H and O–H groups in total. The van der Waals surface area contributed by atoms with Crippen LogP contribution in [-0.4, -0.2) is 38.3 Å². The fourth-order valence-electron chi connectivity index (χ4n) is 4.36. The topological polar surface area (TPSA) is 94.5 Å². The number of nitrogens with two attached hydrogens (primary N) is 1. The maximum atomic E-state index is 15.0. The molecule has 0 bridgehead atoms. The Bertz CT molecular complexity index is 1320. The van der Waals surface area contributed by atoms with E-state index in [1.54, 1.807) is 30.5 Å². The number of tetrazole rings is 1. The maximum Gasteiger partial charge on any atom is 0.190 e. The first-order chi connectivity index (χ1) is 15.9. The van der Waals surface area contributed by atoms with Gasteiger partial charge in [-0.2, -0.15) is 4.68 Å². The number of halogens is 1. The number of thiophene rings is 1. The highest BCUT2D eigenvalue weighted by molar-refractivity contribution is 7.15. The molecule has 0 radical (unpaired) electrons. The predicted octanol–water partition coefficient (Wildman–Crippen LogP) is 4.57. The number of aromatic nitrogens is 5. The van der Waals surface area contributed by atoms with Crippen molar-refractivity contribution >= 4 is 17.2 Å². The van der Waals surface area contributed by atoms with Gasteiger partial charge < -0.3 is 11.1 Å². The Hall–Kier alpha value is -3.17. The van der Waals surface area contributed by atoms with Crippen molar-refractivity contribution in [2.24, 2.45) is 0 Å². The van der Waals surface area contributed by atoms with Gasteiger partial charge in [0.05, 0.1) is 5.56 Å². The maximum absolute atomic E-state index is 15.0. The molecular weight excluding hydrogens is 437 g/mol. The number of aryl methyl sites for hydroxylation is 2. The van der Waals surface area contributed by atoms with Crippen LogP contribution in [0.25, 0.3) is 27.5 Å². The van der Waals surface area contributed by atoms with Crippen LogP contribution in [0.2, 0.25) is 0 Å². The number of nitrogens with zero attached hydrogens (tertiary/aromatic N) is 5. The molecule has 1 fully saturated rings. The van der Waals surface area contributed by atoms with Crippen LogP contribution >= 0.6 is 11.3 Å². The van der Waals surface area contributed by atoms with Gasteiger partial charge in [0, 0.05) is 34.0 Å². The number of nitrogen functional groups attached to an aromatic ring is 1. The second-order valence-electron chi connectivity index (χ2n) is 8.61. The Morgan fingerprint density at radius 3 is 2.82 bits per heavy atom. The average Bonchev–Trinajstić information content (AvgIpc) is 3.45. The molecule has 0 spiro atoms. The second kappa shape index (κ2) is 8.64. The third-order valence-corrected chi connectivity index (χ3v) is 7.85. The summed E-state index contributed by atoms with van der Waals surface area (Å²) in [5.74, 6) is 0.836. The number of piperidine rings is 1. The van der Waals surface area contributed by atoms with Crippen LogP contribution in [0.3, 0.4) is 0 Å². The fourth-order valence-corrected chi connectivity index (χ4v) is 5.65. The zero-order valence-corrected chi connectivity index (χ0v) is 19.7. The number of benzene rings is 1. The highest BCUT2D eigenvalue weighted by Gasteiger charge is 2.22. The summed E-state index contributed by atoms with van der Waals surface area (Å²) in [5.41, 5.74) is 10.7. The van der Waals surface area contributed by atoms with E-state index in [2.05, 4.69) is 38.8 Å². The van der Waals surface area contributed by atoms with Crippen molar-refractivity contribution in [1.29, 1.82) is 0 Å². The summed E-state index contributed by atoms with van der Waals surface area (Å²) in [6.07, 6.45) is 4.18. The number of anilines is 1. The molecule has 0 aliphatic carbocycles. The molecule has 4 aromatic rings. The summed E-state index contributed by atoms with van der Waals surface area (Å²) < 4.78 is 16.4. The van der Waals surface area contributed by atoms with E-state index in [0.717, 1.165) is 29.1 Å². The van der Waals surface area contributed by atoms with Crippen LogP contribution in [0.1, 0.15) is 40.3 Å². The number of nitrogens with one attached hydrogen (secondary N) is 1. The number of hydrogen-bond donors (Lipinski definition) is 2. The summed E-state index contributed by atoms with van der Waals surface area (Å²) in [4.78, 5) is 6.96. The van der Waals surface area contributed by atoms with E-state index in [1.807, 2.05) is 19.1 Å². The molecule has 5 rings (SSSR count). The first-order valence-corrected chi connectivity index (χ1v) is 11.9. The molecule has 7 nitrogen and oxygen atoms in total. The van der Waals surface area contributed by atoms with Crippen molar-refractivity contribution in [3.8, 4) is 27.5 Å². The van der Waals surface area contributed by atoms with Gasteiger partial charge in [-0.25, -0.2) is 9.37 Å². The van der Waals surface area contributed by atoms with Crippen LogP contribution in [-0.2, 0) is 0 Å². The van der Waals surface area contributed by atoms with E-state index in [4.69, 9.17) is 5.73 Å². The van der Waals surface area contributed by atoms with Gasteiger partial charge in [0.15, 0.2) is 11.6 Å². The summed E-state index contributed by atoms with van der Waals surface area (Å²) in [7, 11) is 0. The van der Waals surface area contributed by atoms with Gasteiger partial charge >= 0.3 is 0 Å². The van der Waals surface area contributed by atoms with Gasteiger partial charge in [-0.05, 0) is 85.5 Å². The zero-order chi connectivity index (χ0) is 23.1. The summed E-state index contributed by atoms with van der Waals surface area (Å²) in [6, 6.07) is 7.68. The Balaban J connectivity index is 1.56. The lowest BCUT2D eigenvalue weighted by atomic mass is 9.96. The van der Waals surface area contributed by atoms with Gasteiger partial charge in [-0.1, -0.05) is 6.07 Å². The van der Waals surface area contributed by atoms with Crippen molar-refractivity contribution < 1.29 is 4.39 Å². The molecule has 1 saturated heterocycles.